The van der Waals surface area contributed by atoms with Crippen molar-refractivity contribution in [3.63, 3.8) is 0 Å². The molecule has 21 heavy (non-hydrogen) atoms. The molecule has 0 aliphatic carbocycles. The van der Waals surface area contributed by atoms with E-state index >= 15 is 0 Å². The first-order valence-electron chi connectivity index (χ1n) is 6.47. The van der Waals surface area contributed by atoms with Gasteiger partial charge in [0, 0.05) is 22.5 Å². The Balaban J connectivity index is 2.01. The first-order valence-corrected chi connectivity index (χ1v) is 7.28. The number of carbonyl (C=O) groups excluding carboxylic acids is 1. The number of ether oxygens (including phenoxy) is 1. The minimum Gasteiger partial charge on any atom is -0.465 e. The fourth-order valence-electron chi connectivity index (χ4n) is 2.09. The van der Waals surface area contributed by atoms with Gasteiger partial charge in [0.1, 0.15) is 4.88 Å². The molecule has 0 saturated carbocycles. The number of hydrogen-bond donors (Lipinski definition) is 0. The molecule has 0 spiro atoms. The van der Waals surface area contributed by atoms with Crippen LogP contribution in [0.5, 0.6) is 0 Å². The zero-order chi connectivity index (χ0) is 14.7. The Hall–Kier alpha value is -2.46. The van der Waals surface area contributed by atoms with Crippen molar-refractivity contribution in [1.82, 2.24) is 4.98 Å². The van der Waals surface area contributed by atoms with Gasteiger partial charge in [-0.05, 0) is 29.3 Å². The van der Waals surface area contributed by atoms with E-state index in [2.05, 4.69) is 4.98 Å². The van der Waals surface area contributed by atoms with E-state index in [9.17, 15) is 4.79 Å². The summed E-state index contributed by atoms with van der Waals surface area (Å²) < 4.78 is 5.85. The molecule has 0 aliphatic heterocycles. The highest BCUT2D eigenvalue weighted by Crippen LogP contribution is 2.29. The van der Waals surface area contributed by atoms with Crippen molar-refractivity contribution in [1.29, 1.82) is 0 Å². The van der Waals surface area contributed by atoms with Crippen molar-refractivity contribution >= 4 is 39.5 Å². The molecule has 3 nitrogen and oxygen atoms in total. The molecule has 0 radical (unpaired) electrons. The number of pyridine rings is 1. The molecule has 0 bridgehead atoms. The number of thiophene rings is 1. The van der Waals surface area contributed by atoms with Crippen molar-refractivity contribution in [3.8, 4) is 0 Å². The van der Waals surface area contributed by atoms with E-state index in [0.29, 0.717) is 4.88 Å². The van der Waals surface area contributed by atoms with Crippen LogP contribution in [-0.4, -0.2) is 18.1 Å². The van der Waals surface area contributed by atoms with Crippen LogP contribution in [0.4, 0.5) is 0 Å². The molecule has 0 aliphatic rings. The summed E-state index contributed by atoms with van der Waals surface area (Å²) in [6, 6.07) is 11.8. The van der Waals surface area contributed by atoms with E-state index in [1.807, 2.05) is 54.7 Å². The molecule has 2 aromatic heterocycles. The van der Waals surface area contributed by atoms with E-state index in [0.717, 1.165) is 21.2 Å². The molecule has 0 saturated heterocycles. The average molecular weight is 295 g/mol. The van der Waals surface area contributed by atoms with Crippen LogP contribution in [-0.2, 0) is 4.74 Å². The predicted octanol–water partition coefficient (Wildman–Crippen LogP) is 4.25. The number of methoxy groups -OCH3 is 1. The maximum absolute atomic E-state index is 11.6. The molecule has 0 fully saturated rings. The molecule has 3 rings (SSSR count). The normalized spacial score (nSPS) is 11.1. The Morgan fingerprint density at radius 2 is 2.14 bits per heavy atom. The quantitative estimate of drug-likeness (QED) is 0.678. The smallest absolute Gasteiger partial charge is 0.348 e. The van der Waals surface area contributed by atoms with Gasteiger partial charge < -0.3 is 4.74 Å². The van der Waals surface area contributed by atoms with Crippen LogP contribution >= 0.6 is 11.3 Å². The third-order valence-electron chi connectivity index (χ3n) is 3.12. The molecule has 104 valence electrons. The summed E-state index contributed by atoms with van der Waals surface area (Å²) in [4.78, 5) is 16.3. The number of carbonyl (C=O) groups is 1. The summed E-state index contributed by atoms with van der Waals surface area (Å²) >= 11 is 1.45. The fraction of sp³-hybridized carbons (Fsp3) is 0.0588. The van der Waals surface area contributed by atoms with Gasteiger partial charge in [-0.1, -0.05) is 30.4 Å². The molecule has 0 N–H and O–H groups in total. The van der Waals surface area contributed by atoms with Gasteiger partial charge in [-0.3, -0.25) is 4.98 Å². The number of esters is 1. The molecule has 0 amide bonds. The SMILES string of the molecule is COC(=O)c1cc2c(/C=C/c3cccnc3)cccc2s1. The molecule has 4 heteroatoms. The van der Waals surface area contributed by atoms with E-state index < -0.39 is 0 Å². The van der Waals surface area contributed by atoms with Gasteiger partial charge in [0.15, 0.2) is 0 Å². The molecule has 0 unspecified atom stereocenters. The number of aromatic nitrogens is 1. The zero-order valence-electron chi connectivity index (χ0n) is 11.4. The Kier molecular flexibility index (Phi) is 3.79. The molecule has 1 aromatic carbocycles. The second kappa shape index (κ2) is 5.89. The monoisotopic (exact) mass is 295 g/mol. The van der Waals surface area contributed by atoms with Gasteiger partial charge >= 0.3 is 5.97 Å². The lowest BCUT2D eigenvalue weighted by atomic mass is 10.1. The van der Waals surface area contributed by atoms with Crippen LogP contribution in [0.25, 0.3) is 22.2 Å². The molecular formula is C17H13NO2S. The highest BCUT2D eigenvalue weighted by Gasteiger charge is 2.11. The average Bonchev–Trinajstić information content (AvgIpc) is 2.97. The standard InChI is InChI=1S/C17H13NO2S/c1-20-17(19)16-10-14-13(5-2-6-15(14)21-16)8-7-12-4-3-9-18-11-12/h2-11H,1H3/b8-7+. The van der Waals surface area contributed by atoms with Crippen LogP contribution in [0.2, 0.25) is 0 Å². The maximum Gasteiger partial charge on any atom is 0.348 e. The van der Waals surface area contributed by atoms with Crippen LogP contribution in [0.15, 0.2) is 48.8 Å². The van der Waals surface area contributed by atoms with Crippen molar-refractivity contribution in [2.45, 2.75) is 0 Å². The molecule has 2 heterocycles. The molecule has 0 atom stereocenters. The van der Waals surface area contributed by atoms with Gasteiger partial charge in [-0.15, -0.1) is 11.3 Å². The highest BCUT2D eigenvalue weighted by atomic mass is 32.1. The summed E-state index contributed by atoms with van der Waals surface area (Å²) in [6.07, 6.45) is 7.61. The van der Waals surface area contributed by atoms with E-state index in [1.165, 1.54) is 18.4 Å². The number of nitrogens with zero attached hydrogens (tertiary/aromatic N) is 1. The Bertz CT molecular complexity index is 806. The summed E-state index contributed by atoms with van der Waals surface area (Å²) in [5.41, 5.74) is 2.11. The van der Waals surface area contributed by atoms with Gasteiger partial charge in [0.05, 0.1) is 7.11 Å². The third kappa shape index (κ3) is 2.85. The molecular weight excluding hydrogens is 282 g/mol. The largest absolute Gasteiger partial charge is 0.465 e. The Morgan fingerprint density at radius 1 is 1.24 bits per heavy atom. The zero-order valence-corrected chi connectivity index (χ0v) is 12.3. The lowest BCUT2D eigenvalue weighted by Crippen LogP contribution is -1.96. The number of hydrogen-bond acceptors (Lipinski definition) is 4. The summed E-state index contributed by atoms with van der Waals surface area (Å²) in [7, 11) is 1.40. The fourth-order valence-corrected chi connectivity index (χ4v) is 3.10. The van der Waals surface area contributed by atoms with Crippen LogP contribution in [0.3, 0.4) is 0 Å². The number of fused-ring (bicyclic) bond motifs is 1. The topological polar surface area (TPSA) is 39.2 Å². The van der Waals surface area contributed by atoms with Gasteiger partial charge in [-0.2, -0.15) is 0 Å². The summed E-state index contributed by atoms with van der Waals surface area (Å²) in [6.45, 7) is 0. The Labute approximate surface area is 126 Å². The third-order valence-corrected chi connectivity index (χ3v) is 4.20. The Morgan fingerprint density at radius 3 is 2.90 bits per heavy atom. The van der Waals surface area contributed by atoms with Crippen LogP contribution in [0, 0.1) is 0 Å². The van der Waals surface area contributed by atoms with Crippen molar-refractivity contribution in [2.24, 2.45) is 0 Å². The minimum atomic E-state index is -0.293. The van der Waals surface area contributed by atoms with Crippen LogP contribution < -0.4 is 0 Å². The van der Waals surface area contributed by atoms with E-state index in [4.69, 9.17) is 4.74 Å². The lowest BCUT2D eigenvalue weighted by molar-refractivity contribution is 0.0606. The number of rotatable bonds is 3. The minimum absolute atomic E-state index is 0.293. The second-order valence-electron chi connectivity index (χ2n) is 4.48. The van der Waals surface area contributed by atoms with Gasteiger partial charge in [-0.25, -0.2) is 4.79 Å². The second-order valence-corrected chi connectivity index (χ2v) is 5.56. The number of benzene rings is 1. The van der Waals surface area contributed by atoms with E-state index in [-0.39, 0.29) is 5.97 Å². The first kappa shape index (κ1) is 13.5. The predicted molar refractivity (Wildman–Crippen MR) is 86.3 cm³/mol. The summed E-state index contributed by atoms with van der Waals surface area (Å²) in [5.74, 6) is -0.293. The van der Waals surface area contributed by atoms with Gasteiger partial charge in [0.2, 0.25) is 0 Å². The highest BCUT2D eigenvalue weighted by molar-refractivity contribution is 7.20. The molecule has 3 aromatic rings. The lowest BCUT2D eigenvalue weighted by Gasteiger charge is -1.96. The summed E-state index contributed by atoms with van der Waals surface area (Å²) in [5, 5.41) is 1.06. The van der Waals surface area contributed by atoms with Crippen molar-refractivity contribution in [2.75, 3.05) is 7.11 Å². The van der Waals surface area contributed by atoms with Crippen LogP contribution in [0.1, 0.15) is 20.8 Å². The van der Waals surface area contributed by atoms with Gasteiger partial charge in [0.25, 0.3) is 0 Å². The van der Waals surface area contributed by atoms with E-state index in [1.54, 1.807) is 6.20 Å². The van der Waals surface area contributed by atoms with Crippen molar-refractivity contribution < 1.29 is 9.53 Å². The maximum atomic E-state index is 11.6. The van der Waals surface area contributed by atoms with Crippen molar-refractivity contribution in [3.05, 3.63) is 64.8 Å². The first-order chi connectivity index (χ1) is 10.3.